The maximum atomic E-state index is 12.6. The van der Waals surface area contributed by atoms with Crippen molar-refractivity contribution in [3.63, 3.8) is 0 Å². The summed E-state index contributed by atoms with van der Waals surface area (Å²) in [7, 11) is 0. The number of rotatable bonds is 7. The molecule has 2 aliphatic heterocycles. The topological polar surface area (TPSA) is 133 Å². The van der Waals surface area contributed by atoms with E-state index in [0.29, 0.717) is 29.8 Å². The van der Waals surface area contributed by atoms with Gasteiger partial charge < -0.3 is 9.84 Å². The fraction of sp³-hybridized carbons (Fsp3) is 0.450. The fourth-order valence-corrected chi connectivity index (χ4v) is 3.65. The highest BCUT2D eigenvalue weighted by atomic mass is 16.5. The third kappa shape index (κ3) is 4.33. The molecule has 0 bridgehead atoms. The molecule has 0 spiro atoms. The lowest BCUT2D eigenvalue weighted by molar-refractivity contribution is -0.151. The van der Waals surface area contributed by atoms with E-state index in [1.807, 2.05) is 0 Å². The van der Waals surface area contributed by atoms with Crippen LogP contribution < -0.4 is 5.43 Å². The number of hydrogen-bond acceptors (Lipinski definition) is 7. The normalized spacial score (nSPS) is 18.4. The van der Waals surface area contributed by atoms with Crippen molar-refractivity contribution < 1.29 is 33.8 Å². The molecule has 3 amide bonds. The van der Waals surface area contributed by atoms with Gasteiger partial charge in [-0.15, -0.1) is 0 Å². The Morgan fingerprint density at radius 3 is 2.70 bits per heavy atom. The maximum Gasteiger partial charge on any atom is 0.324 e. The zero-order valence-electron chi connectivity index (χ0n) is 16.6. The summed E-state index contributed by atoms with van der Waals surface area (Å²) in [6, 6.07) is 4.14. The summed E-state index contributed by atoms with van der Waals surface area (Å²) in [4.78, 5) is 61.1. The molecule has 2 aliphatic rings. The van der Waals surface area contributed by atoms with Gasteiger partial charge in [0.25, 0.3) is 11.8 Å². The van der Waals surface area contributed by atoms with Gasteiger partial charge in [-0.05, 0) is 37.8 Å². The highest BCUT2D eigenvalue weighted by Crippen LogP contribution is 2.27. The van der Waals surface area contributed by atoms with Crippen LogP contribution in [-0.2, 0) is 25.5 Å². The number of aliphatic carboxylic acids is 1. The number of carbonyl (C=O) groups is 5. The molecule has 1 aromatic carbocycles. The molecule has 0 saturated carbocycles. The van der Waals surface area contributed by atoms with Crippen molar-refractivity contribution in [1.29, 1.82) is 0 Å². The van der Waals surface area contributed by atoms with Crippen LogP contribution in [0.2, 0.25) is 0 Å². The molecule has 160 valence electrons. The van der Waals surface area contributed by atoms with Crippen molar-refractivity contribution in [3.8, 4) is 0 Å². The van der Waals surface area contributed by atoms with E-state index in [1.165, 1.54) is 11.1 Å². The quantitative estimate of drug-likeness (QED) is 0.480. The summed E-state index contributed by atoms with van der Waals surface area (Å²) in [5.41, 5.74) is 3.68. The molecule has 3 rings (SSSR count). The fourth-order valence-electron chi connectivity index (χ4n) is 3.65. The molecule has 10 heteroatoms. The highest BCUT2D eigenvalue weighted by molar-refractivity contribution is 6.22. The van der Waals surface area contributed by atoms with E-state index in [9.17, 15) is 24.0 Å². The summed E-state index contributed by atoms with van der Waals surface area (Å²) in [5, 5.41) is 10.3. The van der Waals surface area contributed by atoms with Crippen molar-refractivity contribution in [2.24, 2.45) is 0 Å². The van der Waals surface area contributed by atoms with Gasteiger partial charge in [0.2, 0.25) is 5.91 Å². The smallest absolute Gasteiger partial charge is 0.324 e. The first-order valence-corrected chi connectivity index (χ1v) is 9.76. The summed E-state index contributed by atoms with van der Waals surface area (Å²) in [6.45, 7) is 1.71. The van der Waals surface area contributed by atoms with Crippen molar-refractivity contribution in [3.05, 3.63) is 34.9 Å². The van der Waals surface area contributed by atoms with Crippen LogP contribution in [0.25, 0.3) is 0 Å². The van der Waals surface area contributed by atoms with Gasteiger partial charge >= 0.3 is 11.9 Å². The summed E-state index contributed by atoms with van der Waals surface area (Å²) >= 11 is 0. The number of ether oxygens (including phenoxy) is 1. The third-order valence-electron chi connectivity index (χ3n) is 5.05. The van der Waals surface area contributed by atoms with Crippen LogP contribution in [-0.4, -0.2) is 70.4 Å². The summed E-state index contributed by atoms with van der Waals surface area (Å²) in [6.07, 6.45) is 1.48. The maximum absolute atomic E-state index is 12.6. The Hall–Kier alpha value is -3.27. The minimum Gasteiger partial charge on any atom is -0.480 e. The number of nitrogens with zero attached hydrogens (tertiary/aromatic N) is 2. The van der Waals surface area contributed by atoms with Crippen LogP contribution in [0, 0.1) is 0 Å². The molecule has 1 aromatic rings. The van der Waals surface area contributed by atoms with Gasteiger partial charge in [-0.3, -0.25) is 33.9 Å². The number of esters is 1. The number of nitrogens with one attached hydrogen (secondary N) is 1. The van der Waals surface area contributed by atoms with Crippen LogP contribution in [0.3, 0.4) is 0 Å². The van der Waals surface area contributed by atoms with Crippen molar-refractivity contribution >= 4 is 29.7 Å². The number of amides is 3. The number of fused-ring (bicyclic) bond motifs is 1. The van der Waals surface area contributed by atoms with E-state index in [0.717, 1.165) is 0 Å². The van der Waals surface area contributed by atoms with Crippen LogP contribution in [0.15, 0.2) is 18.2 Å². The standard InChI is InChI=1S/C20H23N3O7/c1-2-30-20(29)14-7-4-10-23(21-14)15(24)9-8-12-5-3-6-13-17(12)19(28)22(18(13)27)11-16(25)26/h3,5-6,14,21H,2,4,7-11H2,1H3,(H,25,26). The molecule has 30 heavy (non-hydrogen) atoms. The van der Waals surface area contributed by atoms with Crippen LogP contribution >= 0.6 is 0 Å². The molecule has 1 atom stereocenters. The number of carboxylic acid groups (broad SMARTS) is 1. The molecule has 10 nitrogen and oxygen atoms in total. The second kappa shape index (κ2) is 9.04. The molecule has 0 aromatic heterocycles. The minimum atomic E-state index is -1.28. The number of imide groups is 1. The monoisotopic (exact) mass is 417 g/mol. The molecular formula is C20H23N3O7. The van der Waals surface area contributed by atoms with E-state index in [2.05, 4.69) is 5.43 Å². The molecule has 1 unspecified atom stereocenters. The molecule has 2 N–H and O–H groups in total. The number of benzene rings is 1. The first-order chi connectivity index (χ1) is 14.3. The van der Waals surface area contributed by atoms with E-state index in [-0.39, 0.29) is 36.5 Å². The molecule has 2 heterocycles. The first kappa shape index (κ1) is 21.4. The largest absolute Gasteiger partial charge is 0.480 e. The van der Waals surface area contributed by atoms with E-state index in [1.54, 1.807) is 19.1 Å². The number of carboxylic acids is 1. The van der Waals surface area contributed by atoms with Crippen molar-refractivity contribution in [2.75, 3.05) is 19.7 Å². The van der Waals surface area contributed by atoms with Gasteiger partial charge in [-0.1, -0.05) is 12.1 Å². The third-order valence-corrected chi connectivity index (χ3v) is 5.05. The van der Waals surface area contributed by atoms with E-state index in [4.69, 9.17) is 9.84 Å². The zero-order chi connectivity index (χ0) is 21.8. The Bertz CT molecular complexity index is 898. The second-order valence-electron chi connectivity index (χ2n) is 7.05. The average molecular weight is 417 g/mol. The van der Waals surface area contributed by atoms with Gasteiger partial charge in [-0.25, -0.2) is 5.43 Å². The molecule has 1 fully saturated rings. The molecule has 1 saturated heterocycles. The Morgan fingerprint density at radius 2 is 2.00 bits per heavy atom. The Kier molecular flexibility index (Phi) is 6.46. The highest BCUT2D eigenvalue weighted by Gasteiger charge is 2.38. The molecule has 0 radical (unpaired) electrons. The van der Waals surface area contributed by atoms with Crippen LogP contribution in [0.1, 0.15) is 52.5 Å². The average Bonchev–Trinajstić information content (AvgIpc) is 2.97. The Morgan fingerprint density at radius 1 is 1.23 bits per heavy atom. The second-order valence-corrected chi connectivity index (χ2v) is 7.05. The lowest BCUT2D eigenvalue weighted by Crippen LogP contribution is -2.55. The van der Waals surface area contributed by atoms with Gasteiger partial charge in [0.15, 0.2) is 0 Å². The van der Waals surface area contributed by atoms with Gasteiger partial charge in [-0.2, -0.15) is 0 Å². The van der Waals surface area contributed by atoms with E-state index < -0.39 is 36.3 Å². The molecular weight excluding hydrogens is 394 g/mol. The Balaban J connectivity index is 1.67. The summed E-state index contributed by atoms with van der Waals surface area (Å²) in [5.74, 6) is -3.26. The van der Waals surface area contributed by atoms with Gasteiger partial charge in [0.1, 0.15) is 12.6 Å². The SMILES string of the molecule is CCOC(=O)C1CCCN(C(=O)CCc2cccc3c2C(=O)N(CC(=O)O)C3=O)N1. The first-order valence-electron chi connectivity index (χ1n) is 9.76. The van der Waals surface area contributed by atoms with E-state index >= 15 is 0 Å². The predicted octanol–water partition coefficient (Wildman–Crippen LogP) is 0.359. The lowest BCUT2D eigenvalue weighted by atomic mass is 9.99. The molecule has 0 aliphatic carbocycles. The number of hydrazine groups is 1. The van der Waals surface area contributed by atoms with Crippen molar-refractivity contribution in [2.45, 2.75) is 38.6 Å². The van der Waals surface area contributed by atoms with Crippen molar-refractivity contribution in [1.82, 2.24) is 15.3 Å². The number of hydrogen-bond donors (Lipinski definition) is 2. The van der Waals surface area contributed by atoms with Crippen LogP contribution in [0.4, 0.5) is 0 Å². The predicted molar refractivity (Wildman–Crippen MR) is 102 cm³/mol. The minimum absolute atomic E-state index is 0.0550. The number of carbonyl (C=O) groups excluding carboxylic acids is 4. The summed E-state index contributed by atoms with van der Waals surface area (Å²) < 4.78 is 4.99. The van der Waals surface area contributed by atoms with Gasteiger partial charge in [0, 0.05) is 13.0 Å². The van der Waals surface area contributed by atoms with Crippen LogP contribution in [0.5, 0.6) is 0 Å². The Labute approximate surface area is 172 Å². The van der Waals surface area contributed by atoms with Gasteiger partial charge in [0.05, 0.1) is 17.7 Å². The zero-order valence-corrected chi connectivity index (χ0v) is 16.6. The number of aryl methyl sites for hydroxylation is 1. The lowest BCUT2D eigenvalue weighted by Gasteiger charge is -2.32.